The van der Waals surface area contributed by atoms with E-state index < -0.39 is 0 Å². The van der Waals surface area contributed by atoms with Crippen molar-refractivity contribution in [2.45, 2.75) is 12.8 Å². The summed E-state index contributed by atoms with van der Waals surface area (Å²) < 4.78 is 0. The van der Waals surface area contributed by atoms with Crippen molar-refractivity contribution < 1.29 is 0 Å². The maximum absolute atomic E-state index is 9.30. The molecule has 0 bridgehead atoms. The average molecular weight is 275 g/mol. The largest absolute Gasteiger partial charge is 0.372 e. The minimum absolute atomic E-state index is 0.588. The van der Waals surface area contributed by atoms with E-state index in [1.165, 1.54) is 18.5 Å². The van der Waals surface area contributed by atoms with Crippen molar-refractivity contribution in [1.82, 2.24) is 4.98 Å². The molecular weight excluding hydrogens is 258 g/mol. The van der Waals surface area contributed by atoms with E-state index in [1.54, 1.807) is 6.20 Å². The van der Waals surface area contributed by atoms with Gasteiger partial charge in [-0.15, -0.1) is 0 Å². The minimum atomic E-state index is 0.588. The van der Waals surface area contributed by atoms with E-state index in [0.29, 0.717) is 11.3 Å². The van der Waals surface area contributed by atoms with Gasteiger partial charge in [0.15, 0.2) is 0 Å². The van der Waals surface area contributed by atoms with Crippen LogP contribution >= 0.6 is 0 Å². The van der Waals surface area contributed by atoms with Gasteiger partial charge in [0.05, 0.1) is 11.3 Å². The highest BCUT2D eigenvalue weighted by atomic mass is 15.1. The molecule has 1 aromatic heterocycles. The summed E-state index contributed by atoms with van der Waals surface area (Å²) in [5.74, 6) is 0. The number of benzene rings is 1. The first-order valence-electron chi connectivity index (χ1n) is 7.25. The fraction of sp³-hybridized carbons (Fsp3) is 0.222. The van der Waals surface area contributed by atoms with Crippen LogP contribution in [0.2, 0.25) is 0 Å². The second kappa shape index (κ2) is 6.23. The lowest BCUT2D eigenvalue weighted by Crippen LogP contribution is -2.17. The summed E-state index contributed by atoms with van der Waals surface area (Å²) in [7, 11) is 0. The van der Waals surface area contributed by atoms with Gasteiger partial charge in [-0.1, -0.05) is 18.2 Å². The van der Waals surface area contributed by atoms with Crippen molar-refractivity contribution in [2.24, 2.45) is 0 Å². The molecule has 21 heavy (non-hydrogen) atoms. The van der Waals surface area contributed by atoms with Crippen LogP contribution in [0.15, 0.2) is 48.7 Å². The Morgan fingerprint density at radius 3 is 2.48 bits per heavy atom. The smallest absolute Gasteiger partial charge is 0.101 e. The van der Waals surface area contributed by atoms with Gasteiger partial charge in [0.2, 0.25) is 0 Å². The van der Waals surface area contributed by atoms with Gasteiger partial charge >= 0.3 is 0 Å². The summed E-state index contributed by atoms with van der Waals surface area (Å²) in [6.45, 7) is 2.29. The first-order chi connectivity index (χ1) is 10.4. The van der Waals surface area contributed by atoms with E-state index in [0.717, 1.165) is 18.7 Å². The third-order valence-electron chi connectivity index (χ3n) is 3.74. The molecule has 104 valence electrons. The van der Waals surface area contributed by atoms with E-state index in [-0.39, 0.29) is 0 Å². The first-order valence-corrected chi connectivity index (χ1v) is 7.25. The van der Waals surface area contributed by atoms with Crippen LogP contribution in [-0.2, 0) is 0 Å². The predicted molar refractivity (Wildman–Crippen MR) is 85.6 cm³/mol. The molecule has 0 amide bonds. The van der Waals surface area contributed by atoms with Gasteiger partial charge in [0.1, 0.15) is 6.07 Å². The highest BCUT2D eigenvalue weighted by Gasteiger charge is 2.11. The molecule has 1 aliphatic rings. The molecule has 0 unspecified atom stereocenters. The number of nitriles is 1. The second-order valence-electron chi connectivity index (χ2n) is 5.17. The summed E-state index contributed by atoms with van der Waals surface area (Å²) in [4.78, 5) is 6.63. The van der Waals surface area contributed by atoms with Crippen LogP contribution in [0, 0.1) is 11.3 Å². The Morgan fingerprint density at radius 2 is 1.86 bits per heavy atom. The SMILES string of the molecule is N#C/C(=C/c1ccc(N2CCCC2)cc1)c1ccccn1. The summed E-state index contributed by atoms with van der Waals surface area (Å²) in [6, 6.07) is 16.2. The fourth-order valence-electron chi connectivity index (χ4n) is 2.61. The lowest BCUT2D eigenvalue weighted by atomic mass is 10.1. The van der Waals surface area contributed by atoms with Crippen LogP contribution in [-0.4, -0.2) is 18.1 Å². The van der Waals surface area contributed by atoms with Crippen LogP contribution in [0.4, 0.5) is 5.69 Å². The monoisotopic (exact) mass is 275 g/mol. The standard InChI is InChI=1S/C18H17N3/c19-14-16(18-5-1-2-10-20-18)13-15-6-8-17(9-7-15)21-11-3-4-12-21/h1-2,5-10,13H,3-4,11-12H2/b16-13-. The van der Waals surface area contributed by atoms with Gasteiger partial charge in [-0.25, -0.2) is 0 Å². The molecule has 1 aliphatic heterocycles. The lowest BCUT2D eigenvalue weighted by Gasteiger charge is -2.17. The highest BCUT2D eigenvalue weighted by Crippen LogP contribution is 2.22. The van der Waals surface area contributed by atoms with Gasteiger partial charge in [-0.2, -0.15) is 5.26 Å². The number of pyridine rings is 1. The zero-order valence-electron chi connectivity index (χ0n) is 11.9. The molecule has 3 rings (SSSR count). The van der Waals surface area contributed by atoms with E-state index >= 15 is 0 Å². The molecule has 0 aliphatic carbocycles. The van der Waals surface area contributed by atoms with Crippen molar-refractivity contribution in [3.63, 3.8) is 0 Å². The van der Waals surface area contributed by atoms with E-state index in [2.05, 4.69) is 40.2 Å². The summed E-state index contributed by atoms with van der Waals surface area (Å²) >= 11 is 0. The molecule has 0 radical (unpaired) electrons. The molecule has 1 fully saturated rings. The molecule has 0 N–H and O–H groups in total. The normalized spacial score (nSPS) is 15.0. The zero-order valence-corrected chi connectivity index (χ0v) is 11.9. The molecule has 2 heterocycles. The number of hydrogen-bond donors (Lipinski definition) is 0. The fourth-order valence-corrected chi connectivity index (χ4v) is 2.61. The van der Waals surface area contributed by atoms with Crippen LogP contribution in [0.3, 0.4) is 0 Å². The highest BCUT2D eigenvalue weighted by molar-refractivity contribution is 5.88. The zero-order chi connectivity index (χ0) is 14.5. The minimum Gasteiger partial charge on any atom is -0.372 e. The van der Waals surface area contributed by atoms with E-state index in [1.807, 2.05) is 24.3 Å². The molecule has 3 nitrogen and oxygen atoms in total. The third-order valence-corrected chi connectivity index (χ3v) is 3.74. The van der Waals surface area contributed by atoms with Crippen LogP contribution in [0.1, 0.15) is 24.1 Å². The maximum Gasteiger partial charge on any atom is 0.101 e. The summed E-state index contributed by atoms with van der Waals surface area (Å²) in [6.07, 6.45) is 6.15. The Labute approximate surface area is 125 Å². The van der Waals surface area contributed by atoms with Crippen molar-refractivity contribution in [1.29, 1.82) is 5.26 Å². The molecule has 0 saturated carbocycles. The number of allylic oxidation sites excluding steroid dienone is 1. The molecule has 0 atom stereocenters. The Hall–Kier alpha value is -2.60. The van der Waals surface area contributed by atoms with Gasteiger partial charge in [0, 0.05) is 25.0 Å². The van der Waals surface area contributed by atoms with Crippen molar-refractivity contribution in [3.8, 4) is 6.07 Å². The number of rotatable bonds is 3. The first kappa shape index (κ1) is 13.4. The van der Waals surface area contributed by atoms with Gasteiger partial charge < -0.3 is 4.90 Å². The molecular formula is C18H17N3. The van der Waals surface area contributed by atoms with Crippen LogP contribution in [0.25, 0.3) is 11.6 Å². The second-order valence-corrected chi connectivity index (χ2v) is 5.17. The topological polar surface area (TPSA) is 39.9 Å². The average Bonchev–Trinajstić information content (AvgIpc) is 3.08. The summed E-state index contributed by atoms with van der Waals surface area (Å²) in [5.41, 5.74) is 3.59. The van der Waals surface area contributed by atoms with E-state index in [9.17, 15) is 5.26 Å². The van der Waals surface area contributed by atoms with Crippen molar-refractivity contribution >= 4 is 17.3 Å². The number of hydrogen-bond acceptors (Lipinski definition) is 3. The number of nitrogens with zero attached hydrogens (tertiary/aromatic N) is 3. The Kier molecular flexibility index (Phi) is 3.97. The van der Waals surface area contributed by atoms with E-state index in [4.69, 9.17) is 0 Å². The Bertz CT molecular complexity index is 660. The number of aromatic nitrogens is 1. The maximum atomic E-state index is 9.30. The van der Waals surface area contributed by atoms with Crippen molar-refractivity contribution in [2.75, 3.05) is 18.0 Å². The molecule has 3 heteroatoms. The summed E-state index contributed by atoms with van der Waals surface area (Å²) in [5, 5.41) is 9.30. The van der Waals surface area contributed by atoms with Crippen LogP contribution in [0.5, 0.6) is 0 Å². The van der Waals surface area contributed by atoms with Gasteiger partial charge in [-0.05, 0) is 48.7 Å². The third kappa shape index (κ3) is 3.11. The van der Waals surface area contributed by atoms with Gasteiger partial charge in [-0.3, -0.25) is 4.98 Å². The van der Waals surface area contributed by atoms with Crippen LogP contribution < -0.4 is 4.90 Å². The molecule has 2 aromatic rings. The Morgan fingerprint density at radius 1 is 1.10 bits per heavy atom. The predicted octanol–water partition coefficient (Wildman–Crippen LogP) is 3.75. The molecule has 0 spiro atoms. The van der Waals surface area contributed by atoms with Gasteiger partial charge in [0.25, 0.3) is 0 Å². The quantitative estimate of drug-likeness (QED) is 0.801. The Balaban J connectivity index is 1.83. The molecule has 1 saturated heterocycles. The lowest BCUT2D eigenvalue weighted by molar-refractivity contribution is 0.949. The number of anilines is 1. The van der Waals surface area contributed by atoms with Crippen molar-refractivity contribution in [3.05, 3.63) is 59.9 Å². The molecule has 1 aromatic carbocycles.